The lowest BCUT2D eigenvalue weighted by Crippen LogP contribution is -2.45. The van der Waals surface area contributed by atoms with E-state index in [1.165, 1.54) is 0 Å². The Kier molecular flexibility index (Phi) is 9.28. The van der Waals surface area contributed by atoms with Crippen LogP contribution < -0.4 is 10.6 Å². The van der Waals surface area contributed by atoms with Gasteiger partial charge in [0.25, 0.3) is 0 Å². The van der Waals surface area contributed by atoms with Gasteiger partial charge >= 0.3 is 0 Å². The second kappa shape index (κ2) is 10.7. The Labute approximate surface area is 173 Å². The maximum atomic E-state index is 5.56. The zero-order chi connectivity index (χ0) is 18.3. The fourth-order valence-electron chi connectivity index (χ4n) is 2.67. The summed E-state index contributed by atoms with van der Waals surface area (Å²) >= 11 is 0. The van der Waals surface area contributed by atoms with Crippen LogP contribution in [-0.4, -0.2) is 53.9 Å². The van der Waals surface area contributed by atoms with Gasteiger partial charge < -0.3 is 15.4 Å². The van der Waals surface area contributed by atoms with Crippen LogP contribution in [0.25, 0.3) is 5.65 Å². The number of pyridine rings is 1. The molecular formula is C18H31IN6O. The van der Waals surface area contributed by atoms with Crippen LogP contribution in [0, 0.1) is 5.41 Å². The number of hydrogen-bond donors (Lipinski definition) is 2. The Morgan fingerprint density at radius 2 is 2.04 bits per heavy atom. The molecule has 0 bridgehead atoms. The third kappa shape index (κ3) is 6.39. The van der Waals surface area contributed by atoms with E-state index in [-0.39, 0.29) is 35.5 Å². The Morgan fingerprint density at radius 1 is 1.27 bits per heavy atom. The van der Waals surface area contributed by atoms with Gasteiger partial charge in [-0.1, -0.05) is 26.8 Å². The molecule has 0 radical (unpaired) electrons. The molecule has 26 heavy (non-hydrogen) atoms. The highest BCUT2D eigenvalue weighted by Gasteiger charge is 2.24. The minimum Gasteiger partial charge on any atom is -0.379 e. The summed E-state index contributed by atoms with van der Waals surface area (Å²) in [4.78, 5) is 4.27. The second-order valence-electron chi connectivity index (χ2n) is 7.12. The van der Waals surface area contributed by atoms with Crippen molar-refractivity contribution in [2.24, 2.45) is 10.4 Å². The molecule has 0 amide bonds. The number of halogens is 1. The maximum absolute atomic E-state index is 5.56. The third-order valence-corrected chi connectivity index (χ3v) is 4.18. The van der Waals surface area contributed by atoms with Crippen LogP contribution >= 0.6 is 24.0 Å². The first kappa shape index (κ1) is 22.6. The van der Waals surface area contributed by atoms with Gasteiger partial charge in [0, 0.05) is 39.9 Å². The molecular weight excluding hydrogens is 443 g/mol. The van der Waals surface area contributed by atoms with Crippen molar-refractivity contribution >= 4 is 35.6 Å². The number of nitrogens with zero attached hydrogens (tertiary/aromatic N) is 4. The molecule has 0 aliphatic rings. The molecule has 2 rings (SSSR count). The molecule has 146 valence electrons. The minimum absolute atomic E-state index is 0. The van der Waals surface area contributed by atoms with Gasteiger partial charge in [0.05, 0.1) is 6.10 Å². The lowest BCUT2D eigenvalue weighted by Gasteiger charge is -2.30. The minimum atomic E-state index is 0. The topological polar surface area (TPSA) is 75.8 Å². The van der Waals surface area contributed by atoms with Crippen molar-refractivity contribution in [3.8, 4) is 0 Å². The predicted octanol–water partition coefficient (Wildman–Crippen LogP) is 2.51. The lowest BCUT2D eigenvalue weighted by atomic mass is 9.89. The van der Waals surface area contributed by atoms with E-state index in [1.54, 1.807) is 14.2 Å². The molecule has 0 fully saturated rings. The zero-order valence-corrected chi connectivity index (χ0v) is 18.7. The van der Waals surface area contributed by atoms with Gasteiger partial charge in [-0.3, -0.25) is 9.39 Å². The fraction of sp³-hybridized carbons (Fsp3) is 0.611. The van der Waals surface area contributed by atoms with Crippen molar-refractivity contribution in [1.82, 2.24) is 25.2 Å². The molecule has 2 heterocycles. The van der Waals surface area contributed by atoms with E-state index >= 15 is 0 Å². The molecule has 0 aromatic carbocycles. The Balaban J connectivity index is 0.00000338. The summed E-state index contributed by atoms with van der Waals surface area (Å²) < 4.78 is 7.59. The number of guanidine groups is 1. The molecule has 0 aliphatic heterocycles. The predicted molar refractivity (Wildman–Crippen MR) is 116 cm³/mol. The van der Waals surface area contributed by atoms with E-state index in [4.69, 9.17) is 4.74 Å². The first-order chi connectivity index (χ1) is 12.0. The summed E-state index contributed by atoms with van der Waals surface area (Å²) in [7, 11) is 3.52. The van der Waals surface area contributed by atoms with Crippen LogP contribution in [0.3, 0.4) is 0 Å². The third-order valence-electron chi connectivity index (χ3n) is 4.18. The van der Waals surface area contributed by atoms with Gasteiger partial charge in [0.1, 0.15) is 5.82 Å². The molecule has 0 saturated carbocycles. The number of methoxy groups -OCH3 is 1. The number of aromatic nitrogens is 3. The van der Waals surface area contributed by atoms with Crippen molar-refractivity contribution < 1.29 is 4.74 Å². The molecule has 2 aromatic heterocycles. The van der Waals surface area contributed by atoms with E-state index in [0.29, 0.717) is 6.54 Å². The number of ether oxygens (including phenoxy) is 1. The van der Waals surface area contributed by atoms with Crippen LogP contribution in [0.4, 0.5) is 0 Å². The second-order valence-corrected chi connectivity index (χ2v) is 7.12. The van der Waals surface area contributed by atoms with Crippen molar-refractivity contribution in [3.05, 3.63) is 30.2 Å². The van der Waals surface area contributed by atoms with E-state index in [2.05, 4.69) is 46.6 Å². The standard InChI is InChI=1S/C18H30N6O.HI/c1-18(2,3)14(25-5)13-21-17(19-4)20-11-8-10-16-23-22-15-9-6-7-12-24(15)16;/h6-7,9,12,14H,8,10-11,13H2,1-5H3,(H2,19,20,21);1H. The summed E-state index contributed by atoms with van der Waals surface area (Å²) in [5.74, 6) is 1.77. The van der Waals surface area contributed by atoms with Gasteiger partial charge in [0.2, 0.25) is 0 Å². The summed E-state index contributed by atoms with van der Waals surface area (Å²) in [5.41, 5.74) is 0.964. The lowest BCUT2D eigenvalue weighted by molar-refractivity contribution is 0.0205. The maximum Gasteiger partial charge on any atom is 0.191 e. The van der Waals surface area contributed by atoms with E-state index in [1.807, 2.05) is 28.8 Å². The average Bonchev–Trinajstić information content (AvgIpc) is 2.99. The SMILES string of the molecule is CN=C(NCCCc1nnc2ccccn12)NCC(OC)C(C)(C)C.I. The summed E-state index contributed by atoms with van der Waals surface area (Å²) in [6.45, 7) is 8.04. The smallest absolute Gasteiger partial charge is 0.191 e. The monoisotopic (exact) mass is 474 g/mol. The van der Waals surface area contributed by atoms with Gasteiger partial charge in [0.15, 0.2) is 11.6 Å². The van der Waals surface area contributed by atoms with Gasteiger partial charge in [-0.25, -0.2) is 0 Å². The van der Waals surface area contributed by atoms with E-state index < -0.39 is 0 Å². The Bertz CT molecular complexity index is 694. The fourth-order valence-corrected chi connectivity index (χ4v) is 2.67. The quantitative estimate of drug-likeness (QED) is 0.279. The van der Waals surface area contributed by atoms with Crippen molar-refractivity contribution in [1.29, 1.82) is 0 Å². The Morgan fingerprint density at radius 3 is 2.69 bits per heavy atom. The molecule has 7 nitrogen and oxygen atoms in total. The number of nitrogens with one attached hydrogen (secondary N) is 2. The summed E-state index contributed by atoms with van der Waals surface area (Å²) in [5, 5.41) is 15.1. The highest BCUT2D eigenvalue weighted by Crippen LogP contribution is 2.20. The van der Waals surface area contributed by atoms with Crippen LogP contribution in [0.2, 0.25) is 0 Å². The van der Waals surface area contributed by atoms with E-state index in [9.17, 15) is 0 Å². The van der Waals surface area contributed by atoms with Crippen molar-refractivity contribution in [2.75, 3.05) is 27.2 Å². The number of rotatable bonds is 7. The number of hydrogen-bond acceptors (Lipinski definition) is 4. The molecule has 0 aliphatic carbocycles. The molecule has 2 N–H and O–H groups in total. The molecule has 0 spiro atoms. The molecule has 1 atom stereocenters. The summed E-state index contributed by atoms with van der Waals surface area (Å²) in [6.07, 6.45) is 3.92. The van der Waals surface area contributed by atoms with Gasteiger partial charge in [-0.2, -0.15) is 0 Å². The highest BCUT2D eigenvalue weighted by molar-refractivity contribution is 14.0. The average molecular weight is 474 g/mol. The number of aliphatic imine (C=N–C) groups is 1. The van der Waals surface area contributed by atoms with Gasteiger partial charge in [-0.05, 0) is 24.0 Å². The summed E-state index contributed by atoms with van der Waals surface area (Å²) in [6, 6.07) is 5.92. The Hall–Kier alpha value is -1.42. The van der Waals surface area contributed by atoms with Crippen LogP contribution in [0.1, 0.15) is 33.0 Å². The normalized spacial score (nSPS) is 13.3. The van der Waals surface area contributed by atoms with Crippen LogP contribution in [-0.2, 0) is 11.2 Å². The van der Waals surface area contributed by atoms with Gasteiger partial charge in [-0.15, -0.1) is 34.2 Å². The molecule has 2 aromatic rings. The highest BCUT2D eigenvalue weighted by atomic mass is 127. The molecule has 0 saturated heterocycles. The number of fused-ring (bicyclic) bond motifs is 1. The largest absolute Gasteiger partial charge is 0.379 e. The first-order valence-electron chi connectivity index (χ1n) is 8.71. The van der Waals surface area contributed by atoms with Crippen LogP contribution in [0.15, 0.2) is 29.4 Å². The van der Waals surface area contributed by atoms with Crippen molar-refractivity contribution in [3.63, 3.8) is 0 Å². The van der Waals surface area contributed by atoms with Crippen molar-refractivity contribution in [2.45, 2.75) is 39.7 Å². The zero-order valence-electron chi connectivity index (χ0n) is 16.3. The van der Waals surface area contributed by atoms with Crippen LogP contribution in [0.5, 0.6) is 0 Å². The number of aryl methyl sites for hydroxylation is 1. The molecule has 8 heteroatoms. The van der Waals surface area contributed by atoms with E-state index in [0.717, 1.165) is 36.8 Å². The molecule has 1 unspecified atom stereocenters. The first-order valence-corrected chi connectivity index (χ1v) is 8.71.